The van der Waals surface area contributed by atoms with Crippen LogP contribution in [0, 0.1) is 0 Å². The first-order valence-corrected chi connectivity index (χ1v) is 4.14. The van der Waals surface area contributed by atoms with Crippen molar-refractivity contribution in [3.63, 3.8) is 0 Å². The molecule has 0 radical (unpaired) electrons. The van der Waals surface area contributed by atoms with E-state index in [4.69, 9.17) is 12.2 Å². The highest BCUT2D eigenvalue weighted by Gasteiger charge is 1.86. The second kappa shape index (κ2) is 3.07. The van der Waals surface area contributed by atoms with Crippen molar-refractivity contribution in [2.75, 3.05) is 0 Å². The zero-order chi connectivity index (χ0) is 7.56. The van der Waals surface area contributed by atoms with Gasteiger partial charge >= 0.3 is 0 Å². The number of thiocarbonyl (C=S) groups is 1. The molecule has 0 aliphatic heterocycles. The van der Waals surface area contributed by atoms with Gasteiger partial charge in [0.05, 0.1) is 0 Å². The lowest BCUT2D eigenvalue weighted by Crippen LogP contribution is -2.10. The molecule has 0 aliphatic carbocycles. The molecule has 0 aliphatic rings. The SMILES string of the molecule is CC(=S)N=c1sccn1C. The highest BCUT2D eigenvalue weighted by atomic mass is 32.1. The molecular formula is C6H8N2S2. The minimum Gasteiger partial charge on any atom is -0.327 e. The Balaban J connectivity index is 3.15. The predicted octanol–water partition coefficient (Wildman–Crippen LogP) is 1.33. The van der Waals surface area contributed by atoms with Gasteiger partial charge in [0.25, 0.3) is 0 Å². The molecule has 1 aromatic rings. The Morgan fingerprint density at radius 1 is 1.80 bits per heavy atom. The normalized spacial score (nSPS) is 12.0. The van der Waals surface area contributed by atoms with E-state index in [1.54, 1.807) is 11.3 Å². The fourth-order valence-corrected chi connectivity index (χ4v) is 1.50. The van der Waals surface area contributed by atoms with E-state index in [2.05, 4.69) is 4.99 Å². The fourth-order valence-electron chi connectivity index (χ4n) is 0.569. The zero-order valence-corrected chi connectivity index (χ0v) is 7.50. The molecule has 0 unspecified atom stereocenters. The predicted molar refractivity (Wildman–Crippen MR) is 47.1 cm³/mol. The van der Waals surface area contributed by atoms with Gasteiger partial charge in [0.1, 0.15) is 4.99 Å². The van der Waals surface area contributed by atoms with Crippen molar-refractivity contribution >= 4 is 28.5 Å². The molecule has 0 saturated heterocycles. The van der Waals surface area contributed by atoms with E-state index in [1.165, 1.54) is 0 Å². The van der Waals surface area contributed by atoms with Crippen LogP contribution in [0.5, 0.6) is 0 Å². The standard InChI is InChI=1S/C6H8N2S2/c1-5(9)7-6-8(2)3-4-10-6/h3-4H,1-2H3. The molecule has 0 saturated carbocycles. The largest absolute Gasteiger partial charge is 0.327 e. The number of hydrogen-bond donors (Lipinski definition) is 0. The van der Waals surface area contributed by atoms with Crippen LogP contribution in [0.25, 0.3) is 0 Å². The van der Waals surface area contributed by atoms with E-state index in [9.17, 15) is 0 Å². The molecule has 4 heteroatoms. The van der Waals surface area contributed by atoms with E-state index in [0.717, 1.165) is 4.80 Å². The van der Waals surface area contributed by atoms with E-state index in [0.29, 0.717) is 4.99 Å². The van der Waals surface area contributed by atoms with E-state index >= 15 is 0 Å². The van der Waals surface area contributed by atoms with Crippen LogP contribution >= 0.6 is 23.6 Å². The molecule has 0 atom stereocenters. The molecule has 0 amide bonds. The number of nitrogens with zero attached hydrogens (tertiary/aromatic N) is 2. The first kappa shape index (κ1) is 7.63. The van der Waals surface area contributed by atoms with Crippen LogP contribution in [0.15, 0.2) is 16.6 Å². The van der Waals surface area contributed by atoms with Gasteiger partial charge in [-0.05, 0) is 6.92 Å². The van der Waals surface area contributed by atoms with E-state index in [1.807, 2.05) is 30.1 Å². The maximum absolute atomic E-state index is 4.83. The minimum absolute atomic E-state index is 0.679. The summed E-state index contributed by atoms with van der Waals surface area (Å²) in [7, 11) is 1.95. The lowest BCUT2D eigenvalue weighted by Gasteiger charge is -1.86. The van der Waals surface area contributed by atoms with Gasteiger partial charge in [-0.25, -0.2) is 4.99 Å². The average molecular weight is 172 g/mol. The van der Waals surface area contributed by atoms with Crippen LogP contribution in [-0.4, -0.2) is 9.56 Å². The molecule has 0 spiro atoms. The summed E-state index contributed by atoms with van der Waals surface area (Å²) in [5.74, 6) is 0. The van der Waals surface area contributed by atoms with Crippen LogP contribution in [-0.2, 0) is 7.05 Å². The summed E-state index contributed by atoms with van der Waals surface area (Å²) in [5.41, 5.74) is 0. The van der Waals surface area contributed by atoms with Gasteiger partial charge in [-0.1, -0.05) is 12.2 Å². The van der Waals surface area contributed by atoms with Crippen molar-refractivity contribution < 1.29 is 0 Å². The third-order valence-corrected chi connectivity index (χ3v) is 1.95. The summed E-state index contributed by atoms with van der Waals surface area (Å²) in [6, 6.07) is 0. The molecule has 0 N–H and O–H groups in total. The first-order valence-electron chi connectivity index (χ1n) is 2.85. The molecule has 1 heterocycles. The first-order chi connectivity index (χ1) is 4.70. The quantitative estimate of drug-likeness (QED) is 0.540. The number of hydrogen-bond acceptors (Lipinski definition) is 2. The molecular weight excluding hydrogens is 164 g/mol. The van der Waals surface area contributed by atoms with Crippen molar-refractivity contribution in [1.29, 1.82) is 0 Å². The van der Waals surface area contributed by atoms with E-state index in [-0.39, 0.29) is 0 Å². The Labute approximate surface area is 68.9 Å². The summed E-state index contributed by atoms with van der Waals surface area (Å²) < 4.78 is 1.94. The van der Waals surface area contributed by atoms with Crippen LogP contribution < -0.4 is 4.80 Å². The molecule has 0 fully saturated rings. The lowest BCUT2D eigenvalue weighted by molar-refractivity contribution is 0.878. The monoisotopic (exact) mass is 172 g/mol. The van der Waals surface area contributed by atoms with Gasteiger partial charge in [0.15, 0.2) is 4.80 Å². The summed E-state index contributed by atoms with van der Waals surface area (Å²) in [5, 5.41) is 1.98. The van der Waals surface area contributed by atoms with Gasteiger partial charge in [0, 0.05) is 18.6 Å². The van der Waals surface area contributed by atoms with Crippen LogP contribution in [0.2, 0.25) is 0 Å². The fraction of sp³-hybridized carbons (Fsp3) is 0.333. The molecule has 10 heavy (non-hydrogen) atoms. The smallest absolute Gasteiger partial charge is 0.190 e. The highest BCUT2D eigenvalue weighted by molar-refractivity contribution is 7.80. The van der Waals surface area contributed by atoms with Crippen molar-refractivity contribution in [3.05, 3.63) is 16.4 Å². The average Bonchev–Trinajstić information content (AvgIpc) is 2.15. The lowest BCUT2D eigenvalue weighted by atomic mass is 10.8. The third kappa shape index (κ3) is 1.75. The highest BCUT2D eigenvalue weighted by Crippen LogP contribution is 1.86. The Hall–Kier alpha value is -0.480. The van der Waals surface area contributed by atoms with Crippen molar-refractivity contribution in [1.82, 2.24) is 4.57 Å². The number of thiazole rings is 1. The number of aromatic nitrogens is 1. The second-order valence-corrected chi connectivity index (χ2v) is 3.39. The van der Waals surface area contributed by atoms with Crippen LogP contribution in [0.4, 0.5) is 0 Å². The summed E-state index contributed by atoms with van der Waals surface area (Å²) in [4.78, 5) is 5.76. The van der Waals surface area contributed by atoms with Gasteiger partial charge < -0.3 is 4.57 Å². The summed E-state index contributed by atoms with van der Waals surface area (Å²) in [6.45, 7) is 1.81. The zero-order valence-electron chi connectivity index (χ0n) is 5.87. The van der Waals surface area contributed by atoms with Crippen molar-refractivity contribution in [2.24, 2.45) is 12.0 Å². The van der Waals surface area contributed by atoms with Crippen LogP contribution in [0.3, 0.4) is 0 Å². The van der Waals surface area contributed by atoms with Crippen molar-refractivity contribution in [3.8, 4) is 0 Å². The van der Waals surface area contributed by atoms with Gasteiger partial charge in [-0.15, -0.1) is 11.3 Å². The topological polar surface area (TPSA) is 17.3 Å². The Bertz CT molecular complexity index is 295. The number of aryl methyl sites for hydroxylation is 1. The Kier molecular flexibility index (Phi) is 2.34. The molecule has 54 valence electrons. The number of rotatable bonds is 0. The maximum atomic E-state index is 4.83. The molecule has 0 bridgehead atoms. The van der Waals surface area contributed by atoms with E-state index < -0.39 is 0 Å². The van der Waals surface area contributed by atoms with Gasteiger partial charge in [-0.3, -0.25) is 0 Å². The van der Waals surface area contributed by atoms with Gasteiger partial charge in [-0.2, -0.15) is 0 Å². The summed E-state index contributed by atoms with van der Waals surface area (Å²) in [6.07, 6.45) is 1.96. The molecule has 1 aromatic heterocycles. The Morgan fingerprint density at radius 3 is 2.90 bits per heavy atom. The minimum atomic E-state index is 0.679. The van der Waals surface area contributed by atoms with Crippen LogP contribution in [0.1, 0.15) is 6.92 Å². The Morgan fingerprint density at radius 2 is 2.50 bits per heavy atom. The maximum Gasteiger partial charge on any atom is 0.190 e. The molecule has 0 aromatic carbocycles. The summed E-state index contributed by atoms with van der Waals surface area (Å²) >= 11 is 6.42. The third-order valence-electron chi connectivity index (χ3n) is 1.01. The second-order valence-electron chi connectivity index (χ2n) is 1.93. The molecule has 2 nitrogen and oxygen atoms in total. The van der Waals surface area contributed by atoms with Crippen molar-refractivity contribution in [2.45, 2.75) is 6.92 Å². The van der Waals surface area contributed by atoms with Gasteiger partial charge in [0.2, 0.25) is 0 Å². The molecule has 1 rings (SSSR count).